The van der Waals surface area contributed by atoms with Gasteiger partial charge in [-0.1, -0.05) is 59.4 Å². The molecule has 0 unspecified atom stereocenters. The van der Waals surface area contributed by atoms with Gasteiger partial charge in [-0.3, -0.25) is 4.79 Å². The van der Waals surface area contributed by atoms with Crippen LogP contribution in [0.5, 0.6) is 0 Å². The summed E-state index contributed by atoms with van der Waals surface area (Å²) < 4.78 is 1.08. The van der Waals surface area contributed by atoms with Crippen LogP contribution in [0.4, 0.5) is 0 Å². The summed E-state index contributed by atoms with van der Waals surface area (Å²) in [5.41, 5.74) is 11.0. The Kier molecular flexibility index (Phi) is 4.06. The van der Waals surface area contributed by atoms with E-state index in [0.29, 0.717) is 5.56 Å². The number of halogens is 1. The van der Waals surface area contributed by atoms with E-state index in [1.54, 1.807) is 0 Å². The van der Waals surface area contributed by atoms with Crippen molar-refractivity contribution in [3.05, 3.63) is 57.6 Å². The fourth-order valence-corrected chi connectivity index (χ4v) is 6.40. The minimum Gasteiger partial charge on any atom is -0.366 e. The zero-order chi connectivity index (χ0) is 15.9. The van der Waals surface area contributed by atoms with Gasteiger partial charge in [-0.2, -0.15) is 0 Å². The minimum absolute atomic E-state index is 0.363. The second kappa shape index (κ2) is 5.86. The van der Waals surface area contributed by atoms with Crippen LogP contribution in [-0.2, 0) is 6.42 Å². The predicted molar refractivity (Wildman–Crippen MR) is 99.3 cm³/mol. The topological polar surface area (TPSA) is 43.1 Å². The van der Waals surface area contributed by atoms with Gasteiger partial charge in [-0.05, 0) is 46.0 Å². The highest BCUT2D eigenvalue weighted by Gasteiger charge is 2.22. The highest BCUT2D eigenvalue weighted by molar-refractivity contribution is 9.10. The third-order valence-corrected chi connectivity index (χ3v) is 6.99. The average molecular weight is 372 g/mol. The van der Waals surface area contributed by atoms with Crippen molar-refractivity contribution in [3.63, 3.8) is 0 Å². The average Bonchev–Trinajstić information content (AvgIpc) is 2.94. The number of carbonyl (C=O) groups is 1. The number of fused-ring (bicyclic) bond motifs is 1. The maximum atomic E-state index is 12.0. The number of rotatable bonds is 3. The van der Waals surface area contributed by atoms with Crippen molar-refractivity contribution in [1.29, 1.82) is 0 Å². The van der Waals surface area contributed by atoms with E-state index in [9.17, 15) is 4.79 Å². The molecular weight excluding hydrogens is 354 g/mol. The van der Waals surface area contributed by atoms with Crippen LogP contribution in [-0.4, -0.2) is 14.7 Å². The zero-order valence-electron chi connectivity index (χ0n) is 12.7. The lowest BCUT2D eigenvalue weighted by Crippen LogP contribution is -2.29. The largest absolute Gasteiger partial charge is 0.366 e. The minimum atomic E-state index is -1.15. The summed E-state index contributed by atoms with van der Waals surface area (Å²) in [6.07, 6.45) is 5.28. The maximum Gasteiger partial charge on any atom is 0.249 e. The number of amides is 1. The molecule has 0 fully saturated rings. The first kappa shape index (κ1) is 15.3. The molecule has 0 bridgehead atoms. The molecule has 2 aromatic rings. The van der Waals surface area contributed by atoms with Gasteiger partial charge in [0.1, 0.15) is 0 Å². The third-order valence-electron chi connectivity index (χ3n) is 4.12. The monoisotopic (exact) mass is 371 g/mol. The molecule has 0 heterocycles. The number of carbonyl (C=O) groups excluding carboxylic acids is 1. The number of hydrogen-bond donors (Lipinski definition) is 1. The van der Waals surface area contributed by atoms with Crippen LogP contribution < -0.4 is 10.9 Å². The van der Waals surface area contributed by atoms with E-state index in [1.165, 1.54) is 16.3 Å². The first-order valence-electron chi connectivity index (χ1n) is 7.41. The summed E-state index contributed by atoms with van der Waals surface area (Å²) in [5, 5.41) is 1.27. The molecule has 0 aromatic heterocycles. The molecule has 2 N–H and O–H groups in total. The van der Waals surface area contributed by atoms with E-state index in [-0.39, 0.29) is 5.91 Å². The summed E-state index contributed by atoms with van der Waals surface area (Å²) >= 11 is 3.67. The van der Waals surface area contributed by atoms with E-state index in [2.05, 4.69) is 59.4 Å². The first-order chi connectivity index (χ1) is 10.5. The lowest BCUT2D eigenvalue weighted by molar-refractivity contribution is 0.100. The second-order valence-corrected chi connectivity index (χ2v) is 9.63. The molecular formula is C18H18BrNOSi. The Bertz CT molecular complexity index is 796. The molecule has 2 aromatic carbocycles. The van der Waals surface area contributed by atoms with Crippen molar-refractivity contribution in [2.45, 2.75) is 19.5 Å². The fourth-order valence-electron chi connectivity index (χ4n) is 3.16. The number of allylic oxidation sites excluding steroid dienone is 1. The zero-order valence-corrected chi connectivity index (χ0v) is 15.4. The first-order valence-corrected chi connectivity index (χ1v) is 11.1. The molecule has 0 aliphatic heterocycles. The van der Waals surface area contributed by atoms with E-state index in [0.717, 1.165) is 22.0 Å². The van der Waals surface area contributed by atoms with E-state index >= 15 is 0 Å². The molecule has 0 saturated carbocycles. The lowest BCUT2D eigenvalue weighted by atomic mass is 9.93. The van der Waals surface area contributed by atoms with Gasteiger partial charge in [0.15, 0.2) is 0 Å². The number of primary amides is 1. The smallest absolute Gasteiger partial charge is 0.249 e. The van der Waals surface area contributed by atoms with Crippen LogP contribution >= 0.6 is 15.9 Å². The lowest BCUT2D eigenvalue weighted by Gasteiger charge is -2.19. The summed E-state index contributed by atoms with van der Waals surface area (Å²) in [6, 6.07) is 10.1. The van der Waals surface area contributed by atoms with E-state index in [4.69, 9.17) is 5.73 Å². The summed E-state index contributed by atoms with van der Waals surface area (Å²) in [7, 11) is -1.15. The number of benzene rings is 2. The fraction of sp³-hybridized carbons (Fsp3) is 0.167. The van der Waals surface area contributed by atoms with Gasteiger partial charge in [0.25, 0.3) is 0 Å². The van der Waals surface area contributed by atoms with Gasteiger partial charge in [0.05, 0.1) is 8.80 Å². The van der Waals surface area contributed by atoms with Gasteiger partial charge < -0.3 is 5.73 Å². The Morgan fingerprint density at radius 1 is 1.23 bits per heavy atom. The SMILES string of the molecule is C[SiH](C)c1c(Br)ccc(C(N)=O)c1-c1cccc2c1C=CC2. The standard InChI is InChI=1S/C18H18BrNOSi/c1-22(2)17-15(19)10-9-14(18(20)21)16(17)13-8-4-6-11-5-3-7-12(11)13/h3-4,6-10,22H,5H2,1-2H3,(H2,20,21). The molecule has 22 heavy (non-hydrogen) atoms. The second-order valence-electron chi connectivity index (χ2n) is 5.89. The molecule has 2 nitrogen and oxygen atoms in total. The molecule has 4 heteroatoms. The third kappa shape index (κ3) is 2.46. The summed E-state index contributed by atoms with van der Waals surface area (Å²) in [6.45, 7) is 4.54. The van der Waals surface area contributed by atoms with Gasteiger partial charge >= 0.3 is 0 Å². The molecule has 1 amide bonds. The van der Waals surface area contributed by atoms with Crippen LogP contribution in [0.15, 0.2) is 40.9 Å². The molecule has 1 aliphatic rings. The Morgan fingerprint density at radius 3 is 2.68 bits per heavy atom. The van der Waals surface area contributed by atoms with Crippen LogP contribution in [0.2, 0.25) is 13.1 Å². The maximum absolute atomic E-state index is 12.0. The van der Waals surface area contributed by atoms with Gasteiger partial charge in [-0.15, -0.1) is 0 Å². The normalized spacial score (nSPS) is 12.7. The molecule has 0 atom stereocenters. The van der Waals surface area contributed by atoms with Crippen LogP contribution in [0.3, 0.4) is 0 Å². The Morgan fingerprint density at radius 2 is 2.00 bits per heavy atom. The Balaban J connectivity index is 2.39. The molecule has 0 radical (unpaired) electrons. The van der Waals surface area contributed by atoms with Gasteiger partial charge in [0, 0.05) is 10.0 Å². The number of hydrogen-bond acceptors (Lipinski definition) is 1. The Labute approximate surface area is 140 Å². The summed E-state index contributed by atoms with van der Waals surface area (Å²) in [4.78, 5) is 12.0. The summed E-state index contributed by atoms with van der Waals surface area (Å²) in [5.74, 6) is -0.363. The molecule has 112 valence electrons. The highest BCUT2D eigenvalue weighted by Crippen LogP contribution is 2.34. The highest BCUT2D eigenvalue weighted by atomic mass is 79.9. The van der Waals surface area contributed by atoms with Crippen molar-refractivity contribution >= 4 is 41.9 Å². The van der Waals surface area contributed by atoms with Gasteiger partial charge in [0.2, 0.25) is 5.91 Å². The molecule has 1 aliphatic carbocycles. The number of nitrogens with two attached hydrogens (primary N) is 1. The quantitative estimate of drug-likeness (QED) is 0.824. The van der Waals surface area contributed by atoms with Gasteiger partial charge in [-0.25, -0.2) is 0 Å². The van der Waals surface area contributed by atoms with Crippen LogP contribution in [0, 0.1) is 0 Å². The molecule has 0 spiro atoms. The van der Waals surface area contributed by atoms with E-state index in [1.807, 2.05) is 12.1 Å². The van der Waals surface area contributed by atoms with Crippen LogP contribution in [0.1, 0.15) is 21.5 Å². The van der Waals surface area contributed by atoms with Crippen molar-refractivity contribution < 1.29 is 4.79 Å². The predicted octanol–water partition coefficient (Wildman–Crippen LogP) is 3.48. The van der Waals surface area contributed by atoms with Crippen molar-refractivity contribution in [1.82, 2.24) is 0 Å². The van der Waals surface area contributed by atoms with Crippen molar-refractivity contribution in [3.8, 4) is 11.1 Å². The molecule has 3 rings (SSSR count). The Hall–Kier alpha value is -1.65. The van der Waals surface area contributed by atoms with Crippen LogP contribution in [0.25, 0.3) is 17.2 Å². The van der Waals surface area contributed by atoms with E-state index < -0.39 is 8.80 Å². The molecule has 0 saturated heterocycles. The van der Waals surface area contributed by atoms with Crippen molar-refractivity contribution in [2.75, 3.05) is 0 Å². The van der Waals surface area contributed by atoms with Crippen molar-refractivity contribution in [2.24, 2.45) is 5.73 Å².